The van der Waals surface area contributed by atoms with Crippen LogP contribution in [-0.2, 0) is 0 Å². The molecule has 0 fully saturated rings. The summed E-state index contributed by atoms with van der Waals surface area (Å²) in [7, 11) is 0. The quantitative estimate of drug-likeness (QED) is 0.566. The molecular weight excluding hydrogens is 398 g/mol. The maximum Gasteiger partial charge on any atom is 0.319 e. The lowest BCUT2D eigenvalue weighted by Crippen LogP contribution is -2.28. The lowest BCUT2D eigenvalue weighted by molar-refractivity contribution is 0.0998. The van der Waals surface area contributed by atoms with Crippen molar-refractivity contribution in [2.45, 2.75) is 13.8 Å². The molecule has 3 amide bonds. The smallest absolute Gasteiger partial charge is 0.319 e. The van der Waals surface area contributed by atoms with E-state index in [1.807, 2.05) is 32.0 Å². The van der Waals surface area contributed by atoms with E-state index < -0.39 is 0 Å². The summed E-state index contributed by atoms with van der Waals surface area (Å²) in [5.41, 5.74) is 2.57. The van der Waals surface area contributed by atoms with E-state index in [9.17, 15) is 9.59 Å². The SMILES string of the molecule is CCNC(=O)Nc1cccc(NC(=O)c2oc3ccc(Br)cc3c2C)c1. The number of rotatable bonds is 4. The minimum atomic E-state index is -0.343. The van der Waals surface area contributed by atoms with Crippen LogP contribution < -0.4 is 16.0 Å². The summed E-state index contributed by atoms with van der Waals surface area (Å²) in [5.74, 6) is -0.0785. The average Bonchev–Trinajstić information content (AvgIpc) is 2.92. The molecule has 0 bridgehead atoms. The molecule has 134 valence electrons. The number of amides is 3. The number of nitrogens with one attached hydrogen (secondary N) is 3. The number of aryl methyl sites for hydroxylation is 1. The second-order valence-electron chi connectivity index (χ2n) is 5.72. The summed E-state index contributed by atoms with van der Waals surface area (Å²) in [5, 5.41) is 9.05. The maximum absolute atomic E-state index is 12.6. The summed E-state index contributed by atoms with van der Waals surface area (Å²) in [6, 6.07) is 12.2. The molecule has 0 aliphatic carbocycles. The highest BCUT2D eigenvalue weighted by Crippen LogP contribution is 2.28. The van der Waals surface area contributed by atoms with Crippen molar-refractivity contribution >= 4 is 50.2 Å². The lowest BCUT2D eigenvalue weighted by atomic mass is 10.1. The molecular formula is C19H18BrN3O3. The van der Waals surface area contributed by atoms with Crippen molar-refractivity contribution in [2.75, 3.05) is 17.2 Å². The van der Waals surface area contributed by atoms with E-state index in [-0.39, 0.29) is 17.7 Å². The zero-order chi connectivity index (χ0) is 18.7. The molecule has 26 heavy (non-hydrogen) atoms. The Morgan fingerprint density at radius 1 is 1.08 bits per heavy atom. The van der Waals surface area contributed by atoms with Gasteiger partial charge in [0.15, 0.2) is 5.76 Å². The van der Waals surface area contributed by atoms with E-state index >= 15 is 0 Å². The fourth-order valence-corrected chi connectivity index (χ4v) is 2.97. The molecule has 0 saturated heterocycles. The second-order valence-corrected chi connectivity index (χ2v) is 6.63. The number of carbonyl (C=O) groups excluding carboxylic acids is 2. The number of fused-ring (bicyclic) bond motifs is 1. The first-order chi connectivity index (χ1) is 12.5. The van der Waals surface area contributed by atoms with E-state index in [2.05, 4.69) is 31.9 Å². The molecule has 0 radical (unpaired) electrons. The highest BCUT2D eigenvalue weighted by molar-refractivity contribution is 9.10. The van der Waals surface area contributed by atoms with Crippen molar-refractivity contribution in [3.05, 3.63) is 58.3 Å². The van der Waals surface area contributed by atoms with Crippen LogP contribution in [-0.4, -0.2) is 18.5 Å². The number of urea groups is 1. The Bertz CT molecular complexity index is 981. The number of hydrogen-bond acceptors (Lipinski definition) is 3. The molecule has 0 unspecified atom stereocenters. The molecule has 1 aromatic heterocycles. The largest absolute Gasteiger partial charge is 0.451 e. The van der Waals surface area contributed by atoms with Crippen LogP contribution in [0.25, 0.3) is 11.0 Å². The predicted molar refractivity (Wildman–Crippen MR) is 106 cm³/mol. The van der Waals surface area contributed by atoms with Crippen LogP contribution in [0.4, 0.5) is 16.2 Å². The first-order valence-electron chi connectivity index (χ1n) is 8.13. The fourth-order valence-electron chi connectivity index (χ4n) is 2.61. The molecule has 1 heterocycles. The van der Waals surface area contributed by atoms with Gasteiger partial charge in [-0.15, -0.1) is 0 Å². The predicted octanol–water partition coefficient (Wildman–Crippen LogP) is 4.90. The monoisotopic (exact) mass is 415 g/mol. The lowest BCUT2D eigenvalue weighted by Gasteiger charge is -2.08. The molecule has 3 rings (SSSR count). The molecule has 0 atom stereocenters. The zero-order valence-electron chi connectivity index (χ0n) is 14.4. The first kappa shape index (κ1) is 18.0. The van der Waals surface area contributed by atoms with Gasteiger partial charge < -0.3 is 20.4 Å². The maximum atomic E-state index is 12.6. The number of furan rings is 1. The normalized spacial score (nSPS) is 10.6. The van der Waals surface area contributed by atoms with Gasteiger partial charge in [-0.25, -0.2) is 4.79 Å². The summed E-state index contributed by atoms with van der Waals surface area (Å²) < 4.78 is 6.62. The van der Waals surface area contributed by atoms with Gasteiger partial charge in [-0.1, -0.05) is 22.0 Å². The van der Waals surface area contributed by atoms with E-state index in [1.165, 1.54) is 0 Å². The molecule has 0 saturated carbocycles. The van der Waals surface area contributed by atoms with Crippen molar-refractivity contribution in [3.63, 3.8) is 0 Å². The third kappa shape index (κ3) is 3.88. The third-order valence-corrected chi connectivity index (χ3v) is 4.31. The first-order valence-corrected chi connectivity index (χ1v) is 8.92. The van der Waals surface area contributed by atoms with E-state index in [1.54, 1.807) is 24.3 Å². The molecule has 0 aliphatic rings. The van der Waals surface area contributed by atoms with Crippen molar-refractivity contribution in [1.29, 1.82) is 0 Å². The van der Waals surface area contributed by atoms with Gasteiger partial charge in [0.25, 0.3) is 5.91 Å². The van der Waals surface area contributed by atoms with Crippen molar-refractivity contribution < 1.29 is 14.0 Å². The molecule has 6 nitrogen and oxygen atoms in total. The number of anilines is 2. The molecule has 3 N–H and O–H groups in total. The Morgan fingerprint density at radius 3 is 2.54 bits per heavy atom. The molecule has 7 heteroatoms. The Kier molecular flexibility index (Phi) is 5.27. The van der Waals surface area contributed by atoms with E-state index in [0.717, 1.165) is 15.4 Å². The van der Waals surface area contributed by atoms with Crippen molar-refractivity contribution in [3.8, 4) is 0 Å². The molecule has 3 aromatic rings. The molecule has 0 aliphatic heterocycles. The average molecular weight is 416 g/mol. The minimum Gasteiger partial charge on any atom is -0.451 e. The molecule has 2 aromatic carbocycles. The van der Waals surface area contributed by atoms with Crippen molar-refractivity contribution in [2.24, 2.45) is 0 Å². The van der Waals surface area contributed by atoms with Crippen LogP contribution in [0, 0.1) is 6.92 Å². The third-order valence-electron chi connectivity index (χ3n) is 3.82. The van der Waals surface area contributed by atoms with Gasteiger partial charge in [-0.3, -0.25) is 4.79 Å². The van der Waals surface area contributed by atoms with Gasteiger partial charge >= 0.3 is 6.03 Å². The Morgan fingerprint density at radius 2 is 1.81 bits per heavy atom. The minimum absolute atomic E-state index is 0.264. The van der Waals surface area contributed by atoms with Gasteiger partial charge in [0.05, 0.1) is 0 Å². The fraction of sp³-hybridized carbons (Fsp3) is 0.158. The van der Waals surface area contributed by atoms with Crippen LogP contribution in [0.5, 0.6) is 0 Å². The highest BCUT2D eigenvalue weighted by Gasteiger charge is 2.18. The highest BCUT2D eigenvalue weighted by atomic mass is 79.9. The topological polar surface area (TPSA) is 83.4 Å². The standard InChI is InChI=1S/C19H18BrN3O3/c1-3-21-19(25)23-14-6-4-5-13(10-14)22-18(24)17-11(2)15-9-12(20)7-8-16(15)26-17/h4-10H,3H2,1-2H3,(H,22,24)(H2,21,23,25). The van der Waals surface area contributed by atoms with Crippen LogP contribution in [0.15, 0.2) is 51.4 Å². The Balaban J connectivity index is 1.80. The van der Waals surface area contributed by atoms with Gasteiger partial charge in [-0.2, -0.15) is 0 Å². The van der Waals surface area contributed by atoms with Gasteiger partial charge in [0.2, 0.25) is 0 Å². The number of benzene rings is 2. The summed E-state index contributed by atoms with van der Waals surface area (Å²) in [6.45, 7) is 4.22. The summed E-state index contributed by atoms with van der Waals surface area (Å²) in [4.78, 5) is 24.2. The number of halogens is 1. The second kappa shape index (κ2) is 7.61. The van der Waals surface area contributed by atoms with Gasteiger partial charge in [0.1, 0.15) is 5.58 Å². The Hall–Kier alpha value is -2.80. The Labute approximate surface area is 159 Å². The van der Waals surface area contributed by atoms with Crippen molar-refractivity contribution in [1.82, 2.24) is 5.32 Å². The van der Waals surface area contributed by atoms with E-state index in [0.29, 0.717) is 23.5 Å². The summed E-state index contributed by atoms with van der Waals surface area (Å²) in [6.07, 6.45) is 0. The molecule has 0 spiro atoms. The number of carbonyl (C=O) groups is 2. The van der Waals surface area contributed by atoms with Crippen LogP contribution >= 0.6 is 15.9 Å². The van der Waals surface area contributed by atoms with Gasteiger partial charge in [0, 0.05) is 33.3 Å². The summed E-state index contributed by atoms with van der Waals surface area (Å²) >= 11 is 3.42. The zero-order valence-corrected chi connectivity index (χ0v) is 15.9. The van der Waals surface area contributed by atoms with E-state index in [4.69, 9.17) is 4.42 Å². The van der Waals surface area contributed by atoms with Crippen LogP contribution in [0.2, 0.25) is 0 Å². The van der Waals surface area contributed by atoms with Crippen LogP contribution in [0.3, 0.4) is 0 Å². The van der Waals surface area contributed by atoms with Crippen LogP contribution in [0.1, 0.15) is 23.0 Å². The van der Waals surface area contributed by atoms with Gasteiger partial charge in [-0.05, 0) is 50.2 Å². The number of hydrogen-bond donors (Lipinski definition) is 3.